The average molecular weight is 264 g/mol. The quantitative estimate of drug-likeness (QED) is 0.872. The molecule has 2 N–H and O–H groups in total. The van der Waals surface area contributed by atoms with E-state index in [2.05, 4.69) is 30.2 Å². The molecule has 0 radical (unpaired) electrons. The zero-order valence-corrected chi connectivity index (χ0v) is 11.1. The van der Waals surface area contributed by atoms with Gasteiger partial charge in [0.25, 0.3) is 0 Å². The topological polar surface area (TPSA) is 69.7 Å². The lowest BCUT2D eigenvalue weighted by molar-refractivity contribution is 0.840. The highest BCUT2D eigenvalue weighted by molar-refractivity contribution is 7.99. The summed E-state index contributed by atoms with van der Waals surface area (Å²) in [6.07, 6.45) is 1.68. The van der Waals surface area contributed by atoms with Gasteiger partial charge in [0.15, 0.2) is 11.5 Å². The fourth-order valence-corrected chi connectivity index (χ4v) is 2.96. The molecule has 0 aromatic carbocycles. The molecule has 2 aromatic heterocycles. The molecule has 0 spiro atoms. The molecule has 7 heteroatoms. The van der Waals surface area contributed by atoms with Crippen LogP contribution in [0.4, 0.5) is 11.8 Å². The standard InChI is InChI=1S/C11H16N6S/c1-2-12-11-15-9-8(13-7-14-9)10(16-11)17-3-5-18-6-4-17/h7H,2-6H2,1H3,(H2,12,13,14,15,16). The van der Waals surface area contributed by atoms with Gasteiger partial charge in [-0.15, -0.1) is 0 Å². The number of fused-ring (bicyclic) bond motifs is 1. The molecule has 1 aliphatic heterocycles. The van der Waals surface area contributed by atoms with Gasteiger partial charge in [-0.3, -0.25) is 0 Å². The van der Waals surface area contributed by atoms with Crippen LogP contribution < -0.4 is 10.2 Å². The van der Waals surface area contributed by atoms with Gasteiger partial charge < -0.3 is 15.2 Å². The van der Waals surface area contributed by atoms with E-state index in [9.17, 15) is 0 Å². The zero-order valence-electron chi connectivity index (χ0n) is 10.3. The third-order valence-corrected chi connectivity index (χ3v) is 3.85. The van der Waals surface area contributed by atoms with Crippen LogP contribution in [-0.4, -0.2) is 51.1 Å². The third-order valence-electron chi connectivity index (χ3n) is 2.91. The third kappa shape index (κ3) is 2.10. The number of imidazole rings is 1. The molecule has 96 valence electrons. The normalized spacial score (nSPS) is 16.2. The van der Waals surface area contributed by atoms with E-state index in [1.807, 2.05) is 18.7 Å². The first-order valence-corrected chi connectivity index (χ1v) is 7.31. The minimum atomic E-state index is 0.658. The molecule has 0 amide bonds. The lowest BCUT2D eigenvalue weighted by Crippen LogP contribution is -2.33. The molecule has 0 unspecified atom stereocenters. The Morgan fingerprint density at radius 2 is 2.22 bits per heavy atom. The largest absolute Gasteiger partial charge is 0.354 e. The maximum Gasteiger partial charge on any atom is 0.226 e. The number of aromatic nitrogens is 4. The van der Waals surface area contributed by atoms with Gasteiger partial charge >= 0.3 is 0 Å². The van der Waals surface area contributed by atoms with Gasteiger partial charge in [0.05, 0.1) is 6.33 Å². The molecule has 1 aliphatic rings. The Balaban J connectivity index is 2.03. The smallest absolute Gasteiger partial charge is 0.226 e. The Morgan fingerprint density at radius 3 is 3.00 bits per heavy atom. The average Bonchev–Trinajstić information content (AvgIpc) is 2.87. The second-order valence-corrected chi connectivity index (χ2v) is 5.33. The molecule has 2 aromatic rings. The Kier molecular flexibility index (Phi) is 3.22. The molecule has 3 heterocycles. The van der Waals surface area contributed by atoms with Crippen LogP contribution in [-0.2, 0) is 0 Å². The summed E-state index contributed by atoms with van der Waals surface area (Å²) in [6, 6.07) is 0. The first-order valence-electron chi connectivity index (χ1n) is 6.16. The van der Waals surface area contributed by atoms with Crippen LogP contribution in [0.15, 0.2) is 6.33 Å². The van der Waals surface area contributed by atoms with Crippen molar-refractivity contribution >= 4 is 34.7 Å². The van der Waals surface area contributed by atoms with Gasteiger partial charge in [-0.2, -0.15) is 21.7 Å². The Morgan fingerprint density at radius 1 is 1.39 bits per heavy atom. The zero-order chi connectivity index (χ0) is 12.4. The number of aromatic amines is 1. The van der Waals surface area contributed by atoms with Gasteiger partial charge in [0.2, 0.25) is 5.95 Å². The molecular formula is C11H16N6S. The molecular weight excluding hydrogens is 248 g/mol. The Hall–Kier alpha value is -1.50. The van der Waals surface area contributed by atoms with Crippen LogP contribution in [0.5, 0.6) is 0 Å². The summed E-state index contributed by atoms with van der Waals surface area (Å²) in [5.74, 6) is 3.92. The second-order valence-electron chi connectivity index (χ2n) is 4.10. The molecule has 6 nitrogen and oxygen atoms in total. The Labute approximate surface area is 110 Å². The molecule has 0 saturated carbocycles. The number of thioether (sulfide) groups is 1. The van der Waals surface area contributed by atoms with Gasteiger partial charge in [-0.25, -0.2) is 4.98 Å². The maximum atomic E-state index is 4.61. The number of rotatable bonds is 3. The number of hydrogen-bond acceptors (Lipinski definition) is 6. The Bertz CT molecular complexity index is 533. The molecule has 0 bridgehead atoms. The molecule has 0 atom stereocenters. The van der Waals surface area contributed by atoms with E-state index in [1.54, 1.807) is 6.33 Å². The lowest BCUT2D eigenvalue weighted by atomic mass is 10.4. The number of nitrogens with zero attached hydrogens (tertiary/aromatic N) is 4. The van der Waals surface area contributed by atoms with Gasteiger partial charge in [-0.05, 0) is 6.92 Å². The number of H-pyrrole nitrogens is 1. The van der Waals surface area contributed by atoms with Gasteiger partial charge in [0.1, 0.15) is 5.52 Å². The predicted octanol–water partition coefficient (Wildman–Crippen LogP) is 1.34. The van der Waals surface area contributed by atoms with Crippen molar-refractivity contribution in [1.82, 2.24) is 19.9 Å². The van der Waals surface area contributed by atoms with Crippen molar-refractivity contribution in [3.63, 3.8) is 0 Å². The van der Waals surface area contributed by atoms with Gasteiger partial charge in [0, 0.05) is 31.1 Å². The summed E-state index contributed by atoms with van der Waals surface area (Å²) < 4.78 is 0. The summed E-state index contributed by atoms with van der Waals surface area (Å²) in [5.41, 5.74) is 1.66. The van der Waals surface area contributed by atoms with Crippen molar-refractivity contribution in [2.24, 2.45) is 0 Å². The van der Waals surface area contributed by atoms with Crippen molar-refractivity contribution in [2.45, 2.75) is 6.92 Å². The van der Waals surface area contributed by atoms with Crippen LogP contribution in [0, 0.1) is 0 Å². The van der Waals surface area contributed by atoms with Crippen molar-refractivity contribution < 1.29 is 0 Å². The van der Waals surface area contributed by atoms with E-state index >= 15 is 0 Å². The first kappa shape index (κ1) is 11.6. The van der Waals surface area contributed by atoms with Crippen LogP contribution in [0.3, 0.4) is 0 Å². The second kappa shape index (κ2) is 5.01. The molecule has 1 saturated heterocycles. The fourth-order valence-electron chi connectivity index (χ4n) is 2.06. The van der Waals surface area contributed by atoms with Crippen molar-refractivity contribution in [1.29, 1.82) is 0 Å². The number of anilines is 2. The van der Waals surface area contributed by atoms with E-state index < -0.39 is 0 Å². The lowest BCUT2D eigenvalue weighted by Gasteiger charge is -2.27. The summed E-state index contributed by atoms with van der Waals surface area (Å²) in [6.45, 7) is 4.91. The highest BCUT2D eigenvalue weighted by Crippen LogP contribution is 2.25. The fraction of sp³-hybridized carbons (Fsp3) is 0.545. The van der Waals surface area contributed by atoms with Crippen LogP contribution in [0.1, 0.15) is 6.92 Å². The minimum Gasteiger partial charge on any atom is -0.354 e. The summed E-state index contributed by atoms with van der Waals surface area (Å²) in [5, 5.41) is 3.16. The van der Waals surface area contributed by atoms with Gasteiger partial charge in [-0.1, -0.05) is 0 Å². The van der Waals surface area contributed by atoms with Crippen molar-refractivity contribution in [3.8, 4) is 0 Å². The monoisotopic (exact) mass is 264 g/mol. The summed E-state index contributed by atoms with van der Waals surface area (Å²) >= 11 is 1.99. The maximum absolute atomic E-state index is 4.61. The van der Waals surface area contributed by atoms with Crippen LogP contribution in [0.2, 0.25) is 0 Å². The minimum absolute atomic E-state index is 0.658. The van der Waals surface area contributed by atoms with E-state index in [0.717, 1.165) is 48.1 Å². The molecule has 3 rings (SSSR count). The number of hydrogen-bond donors (Lipinski definition) is 2. The highest BCUT2D eigenvalue weighted by Gasteiger charge is 2.18. The highest BCUT2D eigenvalue weighted by atomic mass is 32.2. The SMILES string of the molecule is CCNc1nc(N2CCSCC2)c2[nH]cnc2n1. The van der Waals surface area contributed by atoms with E-state index in [-0.39, 0.29) is 0 Å². The van der Waals surface area contributed by atoms with E-state index in [4.69, 9.17) is 0 Å². The van der Waals surface area contributed by atoms with Crippen LogP contribution >= 0.6 is 11.8 Å². The summed E-state index contributed by atoms with van der Waals surface area (Å²) in [7, 11) is 0. The predicted molar refractivity (Wildman–Crippen MR) is 75.4 cm³/mol. The van der Waals surface area contributed by atoms with Crippen molar-refractivity contribution in [2.75, 3.05) is 41.4 Å². The molecule has 18 heavy (non-hydrogen) atoms. The molecule has 1 fully saturated rings. The van der Waals surface area contributed by atoms with E-state index in [1.165, 1.54) is 0 Å². The molecule has 0 aliphatic carbocycles. The van der Waals surface area contributed by atoms with Crippen LogP contribution in [0.25, 0.3) is 11.2 Å². The first-order chi connectivity index (χ1) is 8.88. The van der Waals surface area contributed by atoms with Crippen molar-refractivity contribution in [3.05, 3.63) is 6.33 Å². The van der Waals surface area contributed by atoms with E-state index in [0.29, 0.717) is 5.95 Å². The summed E-state index contributed by atoms with van der Waals surface area (Å²) in [4.78, 5) is 18.7. The number of nitrogens with one attached hydrogen (secondary N) is 2.